The molecule has 1 aliphatic heterocycles. The van der Waals surface area contributed by atoms with Crippen molar-refractivity contribution in [2.45, 2.75) is 45.2 Å². The Bertz CT molecular complexity index is 676. The Labute approximate surface area is 124 Å². The normalized spacial score (nSPS) is 28.7. The van der Waals surface area contributed by atoms with Crippen LogP contribution in [0.25, 0.3) is 11.0 Å². The minimum Gasteiger partial charge on any atom is -0.324 e. The lowest BCUT2D eigenvalue weighted by Crippen LogP contribution is -2.23. The van der Waals surface area contributed by atoms with E-state index in [4.69, 9.17) is 4.98 Å². The predicted molar refractivity (Wildman–Crippen MR) is 81.7 cm³/mol. The average molecular weight is 287 g/mol. The predicted octanol–water partition coefficient (Wildman–Crippen LogP) is 3.82. The number of nitrogens with one attached hydrogen (secondary N) is 1. The number of nitrogens with zero attached hydrogens (tertiary/aromatic N) is 2. The van der Waals surface area contributed by atoms with Crippen molar-refractivity contribution in [2.75, 3.05) is 6.54 Å². The monoisotopic (exact) mass is 287 g/mol. The Balaban J connectivity index is 1.88. The van der Waals surface area contributed by atoms with Crippen molar-refractivity contribution in [3.63, 3.8) is 0 Å². The van der Waals surface area contributed by atoms with Gasteiger partial charge in [-0.2, -0.15) is 0 Å². The third kappa shape index (κ3) is 1.92. The highest BCUT2D eigenvalue weighted by atomic mass is 19.1. The molecule has 1 aromatic carbocycles. The molecule has 0 spiro atoms. The zero-order valence-corrected chi connectivity index (χ0v) is 12.6. The van der Waals surface area contributed by atoms with Crippen molar-refractivity contribution in [1.29, 1.82) is 0 Å². The number of hydrogen-bond acceptors (Lipinski definition) is 2. The molecule has 1 aromatic heterocycles. The van der Waals surface area contributed by atoms with Crippen molar-refractivity contribution in [3.05, 3.63) is 29.8 Å². The van der Waals surface area contributed by atoms with Crippen LogP contribution in [0.4, 0.5) is 4.39 Å². The zero-order valence-electron chi connectivity index (χ0n) is 12.6. The number of para-hydroxylation sites is 1. The smallest absolute Gasteiger partial charge is 0.151 e. The van der Waals surface area contributed by atoms with Gasteiger partial charge in [0.2, 0.25) is 0 Å². The van der Waals surface area contributed by atoms with Gasteiger partial charge in [-0.3, -0.25) is 0 Å². The van der Waals surface area contributed by atoms with Gasteiger partial charge in [0, 0.05) is 6.04 Å². The minimum atomic E-state index is -0.214. The average Bonchev–Trinajstić information content (AvgIpc) is 3.10. The van der Waals surface area contributed by atoms with Gasteiger partial charge in [-0.25, -0.2) is 9.37 Å². The molecule has 21 heavy (non-hydrogen) atoms. The summed E-state index contributed by atoms with van der Waals surface area (Å²) >= 11 is 0. The summed E-state index contributed by atoms with van der Waals surface area (Å²) in [5.74, 6) is 2.26. The van der Waals surface area contributed by atoms with Crippen LogP contribution in [0.2, 0.25) is 0 Å². The maximum Gasteiger partial charge on any atom is 0.151 e. The number of benzene rings is 1. The molecule has 3 nitrogen and oxygen atoms in total. The molecule has 1 N–H and O–H groups in total. The summed E-state index contributed by atoms with van der Waals surface area (Å²) in [6.45, 7) is 5.38. The third-order valence-electron chi connectivity index (χ3n) is 5.24. The number of fused-ring (bicyclic) bond motifs is 2. The fraction of sp³-hybridized carbons (Fsp3) is 0.588. The Morgan fingerprint density at radius 3 is 3.00 bits per heavy atom. The number of aromatic nitrogens is 2. The zero-order chi connectivity index (χ0) is 14.6. The summed E-state index contributed by atoms with van der Waals surface area (Å²) in [6, 6.07) is 5.84. The topological polar surface area (TPSA) is 29.9 Å². The summed E-state index contributed by atoms with van der Waals surface area (Å²) < 4.78 is 16.3. The van der Waals surface area contributed by atoms with Crippen LogP contribution in [0, 0.1) is 17.7 Å². The van der Waals surface area contributed by atoms with Gasteiger partial charge in [0.25, 0.3) is 0 Å². The van der Waals surface area contributed by atoms with Crippen LogP contribution in [-0.2, 0) is 0 Å². The third-order valence-corrected chi connectivity index (χ3v) is 5.24. The molecule has 3 unspecified atom stereocenters. The highest BCUT2D eigenvalue weighted by Gasteiger charge is 2.42. The van der Waals surface area contributed by atoms with Gasteiger partial charge in [-0.15, -0.1) is 0 Å². The Hall–Kier alpha value is -1.42. The summed E-state index contributed by atoms with van der Waals surface area (Å²) in [7, 11) is 0. The standard InChI is InChI=1S/C17H22FN3/c1-10(2)21-14-8-4-7-13(18)16(14)20-17(21)15-12-6-3-5-11(12)9-19-15/h4,7-8,10-12,15,19H,3,5-6,9H2,1-2H3. The van der Waals surface area contributed by atoms with E-state index in [0.29, 0.717) is 11.4 Å². The van der Waals surface area contributed by atoms with E-state index in [1.807, 2.05) is 6.07 Å². The molecule has 0 bridgehead atoms. The lowest BCUT2D eigenvalue weighted by molar-refractivity contribution is 0.390. The lowest BCUT2D eigenvalue weighted by atomic mass is 9.93. The van der Waals surface area contributed by atoms with Gasteiger partial charge in [0.1, 0.15) is 11.3 Å². The van der Waals surface area contributed by atoms with Crippen LogP contribution in [0.3, 0.4) is 0 Å². The highest BCUT2D eigenvalue weighted by Crippen LogP contribution is 2.45. The summed E-state index contributed by atoms with van der Waals surface area (Å²) in [4.78, 5) is 4.70. The first-order chi connectivity index (χ1) is 10.2. The van der Waals surface area contributed by atoms with Crippen molar-refractivity contribution in [3.8, 4) is 0 Å². The van der Waals surface area contributed by atoms with Gasteiger partial charge >= 0.3 is 0 Å². The van der Waals surface area contributed by atoms with Crippen molar-refractivity contribution >= 4 is 11.0 Å². The molecular weight excluding hydrogens is 265 g/mol. The van der Waals surface area contributed by atoms with Crippen LogP contribution in [0.5, 0.6) is 0 Å². The molecule has 4 heteroatoms. The number of imidazole rings is 1. The van der Waals surface area contributed by atoms with E-state index in [1.165, 1.54) is 25.3 Å². The van der Waals surface area contributed by atoms with E-state index in [-0.39, 0.29) is 17.9 Å². The Morgan fingerprint density at radius 2 is 2.19 bits per heavy atom. The van der Waals surface area contributed by atoms with Crippen LogP contribution in [0.1, 0.15) is 51.0 Å². The number of rotatable bonds is 2. The van der Waals surface area contributed by atoms with Crippen LogP contribution in [-0.4, -0.2) is 16.1 Å². The first-order valence-corrected chi connectivity index (χ1v) is 8.06. The number of hydrogen-bond donors (Lipinski definition) is 1. The van der Waals surface area contributed by atoms with E-state index in [9.17, 15) is 4.39 Å². The van der Waals surface area contributed by atoms with E-state index in [2.05, 4.69) is 23.7 Å². The summed E-state index contributed by atoms with van der Waals surface area (Å²) in [5, 5.41) is 3.64. The summed E-state index contributed by atoms with van der Waals surface area (Å²) in [6.07, 6.45) is 3.92. The molecule has 1 aliphatic carbocycles. The van der Waals surface area contributed by atoms with E-state index in [0.717, 1.165) is 23.8 Å². The molecule has 112 valence electrons. The molecule has 2 heterocycles. The van der Waals surface area contributed by atoms with Crippen LogP contribution >= 0.6 is 0 Å². The Morgan fingerprint density at radius 1 is 1.33 bits per heavy atom. The second-order valence-electron chi connectivity index (χ2n) is 6.78. The molecule has 0 radical (unpaired) electrons. The molecule has 1 saturated heterocycles. The summed E-state index contributed by atoms with van der Waals surface area (Å²) in [5.41, 5.74) is 1.44. The molecule has 2 fully saturated rings. The lowest BCUT2D eigenvalue weighted by Gasteiger charge is -2.21. The molecule has 3 atom stereocenters. The molecule has 2 aliphatic rings. The van der Waals surface area contributed by atoms with Gasteiger partial charge in [-0.1, -0.05) is 12.5 Å². The quantitative estimate of drug-likeness (QED) is 0.910. The molecule has 1 saturated carbocycles. The largest absolute Gasteiger partial charge is 0.324 e. The van der Waals surface area contributed by atoms with Gasteiger partial charge < -0.3 is 9.88 Å². The second kappa shape index (κ2) is 4.80. The van der Waals surface area contributed by atoms with Crippen molar-refractivity contribution in [1.82, 2.24) is 14.9 Å². The fourth-order valence-electron chi connectivity index (χ4n) is 4.33. The second-order valence-corrected chi connectivity index (χ2v) is 6.78. The highest BCUT2D eigenvalue weighted by molar-refractivity contribution is 5.77. The maximum atomic E-state index is 14.1. The Kier molecular flexibility index (Phi) is 3.03. The molecule has 2 aromatic rings. The molecular formula is C17H22FN3. The van der Waals surface area contributed by atoms with Crippen molar-refractivity contribution in [2.24, 2.45) is 11.8 Å². The maximum absolute atomic E-state index is 14.1. The fourth-order valence-corrected chi connectivity index (χ4v) is 4.33. The first-order valence-electron chi connectivity index (χ1n) is 8.06. The van der Waals surface area contributed by atoms with E-state index >= 15 is 0 Å². The van der Waals surface area contributed by atoms with Gasteiger partial charge in [0.15, 0.2) is 5.82 Å². The van der Waals surface area contributed by atoms with E-state index < -0.39 is 0 Å². The number of halogens is 1. The van der Waals surface area contributed by atoms with E-state index in [1.54, 1.807) is 6.07 Å². The van der Waals surface area contributed by atoms with Crippen LogP contribution < -0.4 is 5.32 Å². The van der Waals surface area contributed by atoms with Crippen LogP contribution in [0.15, 0.2) is 18.2 Å². The molecule has 0 amide bonds. The van der Waals surface area contributed by atoms with Gasteiger partial charge in [0.05, 0.1) is 11.6 Å². The minimum absolute atomic E-state index is 0.214. The first kappa shape index (κ1) is 13.3. The molecule has 4 rings (SSSR count). The van der Waals surface area contributed by atoms with Crippen molar-refractivity contribution < 1.29 is 4.39 Å². The van der Waals surface area contributed by atoms with Gasteiger partial charge in [-0.05, 0) is 57.2 Å². The SMILES string of the molecule is CC(C)n1c(C2NCC3CCCC32)nc2c(F)cccc21.